The number of nitriles is 1. The molecule has 0 aliphatic heterocycles. The Balaban J connectivity index is 1.69. The van der Waals surface area contributed by atoms with Gasteiger partial charge in [-0.1, -0.05) is 0 Å². The number of nitrogens with one attached hydrogen (secondary N) is 1. The Labute approximate surface area is 100 Å². The van der Waals surface area contributed by atoms with Crippen LogP contribution in [0, 0.1) is 16.7 Å². The summed E-state index contributed by atoms with van der Waals surface area (Å²) in [5.74, 6) is -0.105. The largest absolute Gasteiger partial charge is 0.355 e. The third-order valence-corrected chi connectivity index (χ3v) is 3.26. The number of aryl methyl sites for hydroxylation is 1. The molecule has 0 aromatic carbocycles. The van der Waals surface area contributed by atoms with Gasteiger partial charge in [0.25, 0.3) is 0 Å². The second kappa shape index (κ2) is 5.00. The van der Waals surface area contributed by atoms with Gasteiger partial charge < -0.3 is 5.32 Å². The quantitative estimate of drug-likeness (QED) is 0.772. The maximum atomic E-state index is 11.8. The molecule has 1 aliphatic carbocycles. The number of amides is 1. The molecule has 1 saturated carbocycles. The molecule has 1 N–H and O–H groups in total. The molecule has 1 aromatic rings. The Kier molecular flexibility index (Phi) is 3.43. The molecule has 1 aliphatic rings. The Morgan fingerprint density at radius 3 is 2.94 bits per heavy atom. The SMILES string of the molecule is N#CC1(C(=O)NCCCn2cccn2)CCC1. The molecule has 0 spiro atoms. The fourth-order valence-electron chi connectivity index (χ4n) is 1.96. The Bertz CT molecular complexity index is 414. The lowest BCUT2D eigenvalue weighted by molar-refractivity contribution is -0.131. The van der Waals surface area contributed by atoms with Crippen LogP contribution < -0.4 is 5.32 Å². The first-order chi connectivity index (χ1) is 8.27. The zero-order chi connectivity index (χ0) is 12.1. The first kappa shape index (κ1) is 11.6. The predicted octanol–water partition coefficient (Wildman–Crippen LogP) is 1.08. The highest BCUT2D eigenvalue weighted by atomic mass is 16.2. The standard InChI is InChI=1S/C12H16N4O/c13-10-12(4-1-5-12)11(17)14-6-2-8-16-9-3-7-15-16/h3,7,9H,1-2,4-6,8H2,(H,14,17). The monoisotopic (exact) mass is 232 g/mol. The van der Waals surface area contributed by atoms with Crippen LogP contribution in [0.1, 0.15) is 25.7 Å². The van der Waals surface area contributed by atoms with Crippen LogP contribution in [0.3, 0.4) is 0 Å². The average molecular weight is 232 g/mol. The van der Waals surface area contributed by atoms with E-state index in [1.165, 1.54) is 0 Å². The molecular formula is C12H16N4O. The molecule has 17 heavy (non-hydrogen) atoms. The van der Waals surface area contributed by atoms with Gasteiger partial charge in [0.1, 0.15) is 5.41 Å². The summed E-state index contributed by atoms with van der Waals surface area (Å²) >= 11 is 0. The van der Waals surface area contributed by atoms with E-state index in [0.717, 1.165) is 19.4 Å². The lowest BCUT2D eigenvalue weighted by Gasteiger charge is -2.33. The second-order valence-corrected chi connectivity index (χ2v) is 4.43. The number of hydrogen-bond donors (Lipinski definition) is 1. The summed E-state index contributed by atoms with van der Waals surface area (Å²) in [6.07, 6.45) is 6.84. The first-order valence-electron chi connectivity index (χ1n) is 5.94. The van der Waals surface area contributed by atoms with Crippen LogP contribution in [0.4, 0.5) is 0 Å². The van der Waals surface area contributed by atoms with Crippen molar-refractivity contribution in [1.29, 1.82) is 5.26 Å². The summed E-state index contributed by atoms with van der Waals surface area (Å²) in [4.78, 5) is 11.8. The number of aromatic nitrogens is 2. The maximum Gasteiger partial charge on any atom is 0.240 e. The van der Waals surface area contributed by atoms with Gasteiger partial charge in [-0.2, -0.15) is 10.4 Å². The summed E-state index contributed by atoms with van der Waals surface area (Å²) in [6.45, 7) is 1.38. The van der Waals surface area contributed by atoms with Gasteiger partial charge in [0.2, 0.25) is 5.91 Å². The normalized spacial score (nSPS) is 16.9. The highest BCUT2D eigenvalue weighted by molar-refractivity contribution is 5.86. The molecule has 0 bridgehead atoms. The smallest absolute Gasteiger partial charge is 0.240 e. The third-order valence-electron chi connectivity index (χ3n) is 3.26. The predicted molar refractivity (Wildman–Crippen MR) is 61.8 cm³/mol. The number of hydrogen-bond acceptors (Lipinski definition) is 3. The zero-order valence-electron chi connectivity index (χ0n) is 9.72. The number of carbonyl (C=O) groups excluding carboxylic acids is 1. The maximum absolute atomic E-state index is 11.8. The van der Waals surface area contributed by atoms with Gasteiger partial charge in [0.05, 0.1) is 6.07 Å². The van der Waals surface area contributed by atoms with Crippen LogP contribution in [-0.2, 0) is 11.3 Å². The fourth-order valence-corrected chi connectivity index (χ4v) is 1.96. The van der Waals surface area contributed by atoms with E-state index in [0.29, 0.717) is 19.4 Å². The average Bonchev–Trinajstić information content (AvgIpc) is 2.76. The van der Waals surface area contributed by atoms with Crippen molar-refractivity contribution in [2.45, 2.75) is 32.2 Å². The Morgan fingerprint density at radius 2 is 2.41 bits per heavy atom. The molecule has 1 fully saturated rings. The summed E-state index contributed by atoms with van der Waals surface area (Å²) in [5, 5.41) is 15.9. The van der Waals surface area contributed by atoms with E-state index in [1.807, 2.05) is 16.9 Å². The summed E-state index contributed by atoms with van der Waals surface area (Å²) in [6, 6.07) is 4.01. The van der Waals surface area contributed by atoms with Crippen LogP contribution in [0.2, 0.25) is 0 Å². The molecule has 2 rings (SSSR count). The van der Waals surface area contributed by atoms with Gasteiger partial charge >= 0.3 is 0 Å². The highest BCUT2D eigenvalue weighted by Crippen LogP contribution is 2.40. The molecule has 0 saturated heterocycles. The van der Waals surface area contributed by atoms with Gasteiger partial charge in [0, 0.05) is 25.5 Å². The van der Waals surface area contributed by atoms with E-state index in [2.05, 4.69) is 16.5 Å². The minimum absolute atomic E-state index is 0.105. The van der Waals surface area contributed by atoms with Crippen molar-refractivity contribution in [2.24, 2.45) is 5.41 Å². The van der Waals surface area contributed by atoms with E-state index in [9.17, 15) is 4.79 Å². The van der Waals surface area contributed by atoms with Gasteiger partial charge in [-0.05, 0) is 31.7 Å². The van der Waals surface area contributed by atoms with E-state index in [1.54, 1.807) is 6.20 Å². The minimum atomic E-state index is -0.730. The van der Waals surface area contributed by atoms with Crippen LogP contribution in [0.5, 0.6) is 0 Å². The van der Waals surface area contributed by atoms with Crippen molar-refractivity contribution >= 4 is 5.91 Å². The molecule has 0 radical (unpaired) electrons. The number of nitrogens with zero attached hydrogens (tertiary/aromatic N) is 3. The summed E-state index contributed by atoms with van der Waals surface area (Å²) < 4.78 is 1.83. The van der Waals surface area contributed by atoms with Crippen LogP contribution >= 0.6 is 0 Å². The summed E-state index contributed by atoms with van der Waals surface area (Å²) in [7, 11) is 0. The van der Waals surface area contributed by atoms with Crippen LogP contribution in [-0.4, -0.2) is 22.2 Å². The van der Waals surface area contributed by atoms with Gasteiger partial charge in [-0.25, -0.2) is 0 Å². The molecule has 1 amide bonds. The van der Waals surface area contributed by atoms with E-state index >= 15 is 0 Å². The molecule has 5 heteroatoms. The molecule has 0 unspecified atom stereocenters. The van der Waals surface area contributed by atoms with Gasteiger partial charge in [0.15, 0.2) is 0 Å². The Hall–Kier alpha value is -1.83. The van der Waals surface area contributed by atoms with Crippen LogP contribution in [0.15, 0.2) is 18.5 Å². The molecule has 90 valence electrons. The van der Waals surface area contributed by atoms with E-state index in [4.69, 9.17) is 5.26 Å². The molecule has 5 nitrogen and oxygen atoms in total. The number of rotatable bonds is 5. The molecule has 0 atom stereocenters. The van der Waals surface area contributed by atoms with Crippen molar-refractivity contribution in [1.82, 2.24) is 15.1 Å². The third kappa shape index (κ3) is 2.47. The molecular weight excluding hydrogens is 216 g/mol. The van der Waals surface area contributed by atoms with Crippen molar-refractivity contribution in [2.75, 3.05) is 6.54 Å². The van der Waals surface area contributed by atoms with E-state index < -0.39 is 5.41 Å². The van der Waals surface area contributed by atoms with Crippen molar-refractivity contribution in [3.63, 3.8) is 0 Å². The van der Waals surface area contributed by atoms with Crippen LogP contribution in [0.25, 0.3) is 0 Å². The fraction of sp³-hybridized carbons (Fsp3) is 0.583. The Morgan fingerprint density at radius 1 is 1.59 bits per heavy atom. The zero-order valence-corrected chi connectivity index (χ0v) is 9.72. The van der Waals surface area contributed by atoms with E-state index in [-0.39, 0.29) is 5.91 Å². The van der Waals surface area contributed by atoms with Crippen molar-refractivity contribution in [3.05, 3.63) is 18.5 Å². The number of carbonyl (C=O) groups is 1. The van der Waals surface area contributed by atoms with Gasteiger partial charge in [-0.15, -0.1) is 0 Å². The highest BCUT2D eigenvalue weighted by Gasteiger charge is 2.44. The van der Waals surface area contributed by atoms with Gasteiger partial charge in [-0.3, -0.25) is 9.48 Å². The lowest BCUT2D eigenvalue weighted by Crippen LogP contribution is -2.45. The first-order valence-corrected chi connectivity index (χ1v) is 5.94. The molecule has 1 heterocycles. The topological polar surface area (TPSA) is 70.7 Å². The summed E-state index contributed by atoms with van der Waals surface area (Å²) in [5.41, 5.74) is -0.730. The molecule has 1 aromatic heterocycles. The van der Waals surface area contributed by atoms with Crippen molar-refractivity contribution < 1.29 is 4.79 Å². The van der Waals surface area contributed by atoms with Crippen molar-refractivity contribution in [3.8, 4) is 6.07 Å². The minimum Gasteiger partial charge on any atom is -0.355 e. The second-order valence-electron chi connectivity index (χ2n) is 4.43. The lowest BCUT2D eigenvalue weighted by atomic mass is 9.69.